The van der Waals surface area contributed by atoms with Crippen molar-refractivity contribution in [1.82, 2.24) is 15.5 Å². The lowest BCUT2D eigenvalue weighted by Gasteiger charge is -2.38. The number of rotatable bonds is 5. The summed E-state index contributed by atoms with van der Waals surface area (Å²) < 4.78 is 0. The van der Waals surface area contributed by atoms with Crippen LogP contribution < -0.4 is 15.1 Å². The molecule has 0 aliphatic carbocycles. The van der Waals surface area contributed by atoms with Crippen LogP contribution >= 0.6 is 0 Å². The second-order valence-electron chi connectivity index (χ2n) is 6.47. The molecule has 2 aromatic rings. The molecule has 1 aromatic carbocycles. The van der Waals surface area contributed by atoms with Crippen LogP contribution in [0.4, 0.5) is 17.2 Å². The number of nitrogens with zero attached hydrogens (tertiary/aromatic N) is 5. The van der Waals surface area contributed by atoms with Crippen LogP contribution in [0.1, 0.15) is 23.2 Å². The van der Waals surface area contributed by atoms with Gasteiger partial charge in [0, 0.05) is 51.1 Å². The Balaban J connectivity index is 1.85. The highest BCUT2D eigenvalue weighted by Gasteiger charge is 2.28. The standard InChI is InChI=1S/C18H22N6O3/c1-19-18(25)13-7-8-15(16(11-13)24(26)27)22(2)14-5-4-10-23(12-14)17-6-3-9-20-21-17/h3,6-9,11,14H,4-5,10,12H2,1-2H3,(H,19,25). The number of amides is 1. The van der Waals surface area contributed by atoms with Crippen molar-refractivity contribution < 1.29 is 9.72 Å². The van der Waals surface area contributed by atoms with E-state index in [1.54, 1.807) is 18.3 Å². The summed E-state index contributed by atoms with van der Waals surface area (Å²) in [6, 6.07) is 8.43. The normalized spacial score (nSPS) is 16.7. The van der Waals surface area contributed by atoms with E-state index in [1.807, 2.05) is 24.1 Å². The Hall–Kier alpha value is -3.23. The Morgan fingerprint density at radius 3 is 2.89 bits per heavy atom. The van der Waals surface area contributed by atoms with Crippen molar-refractivity contribution in [2.75, 3.05) is 37.0 Å². The maximum atomic E-state index is 11.8. The molecular formula is C18H22N6O3. The van der Waals surface area contributed by atoms with E-state index in [4.69, 9.17) is 0 Å². The van der Waals surface area contributed by atoms with E-state index in [-0.39, 0.29) is 23.2 Å². The number of piperidine rings is 1. The minimum atomic E-state index is -0.443. The molecule has 1 aromatic heterocycles. The van der Waals surface area contributed by atoms with Crippen LogP contribution in [0.2, 0.25) is 0 Å². The Labute approximate surface area is 157 Å². The lowest BCUT2D eigenvalue weighted by molar-refractivity contribution is -0.384. The van der Waals surface area contributed by atoms with Crippen molar-refractivity contribution in [3.8, 4) is 0 Å². The van der Waals surface area contributed by atoms with Gasteiger partial charge < -0.3 is 15.1 Å². The van der Waals surface area contributed by atoms with E-state index in [2.05, 4.69) is 20.4 Å². The molecule has 1 aliphatic heterocycles. The van der Waals surface area contributed by atoms with E-state index in [0.717, 1.165) is 25.2 Å². The highest BCUT2D eigenvalue weighted by molar-refractivity contribution is 5.95. The maximum absolute atomic E-state index is 11.8. The maximum Gasteiger partial charge on any atom is 0.293 e. The van der Waals surface area contributed by atoms with Gasteiger partial charge in [0.25, 0.3) is 11.6 Å². The lowest BCUT2D eigenvalue weighted by Crippen LogP contribution is -2.47. The number of aromatic nitrogens is 2. The fourth-order valence-corrected chi connectivity index (χ4v) is 3.39. The minimum Gasteiger partial charge on any atom is -0.364 e. The number of carbonyl (C=O) groups is 1. The van der Waals surface area contributed by atoms with E-state index in [0.29, 0.717) is 12.2 Å². The van der Waals surface area contributed by atoms with Crippen LogP contribution in [0.15, 0.2) is 36.5 Å². The Bertz CT molecular complexity index is 829. The van der Waals surface area contributed by atoms with Crippen LogP contribution in [0.3, 0.4) is 0 Å². The molecule has 1 fully saturated rings. The minimum absolute atomic E-state index is 0.0739. The first-order chi connectivity index (χ1) is 13.0. The van der Waals surface area contributed by atoms with Gasteiger partial charge in [-0.2, -0.15) is 5.10 Å². The summed E-state index contributed by atoms with van der Waals surface area (Å²) in [7, 11) is 3.35. The first-order valence-electron chi connectivity index (χ1n) is 8.77. The van der Waals surface area contributed by atoms with Gasteiger partial charge in [-0.25, -0.2) is 0 Å². The van der Waals surface area contributed by atoms with Crippen LogP contribution in [0, 0.1) is 10.1 Å². The van der Waals surface area contributed by atoms with Crippen molar-refractivity contribution in [3.05, 3.63) is 52.2 Å². The molecule has 9 heteroatoms. The zero-order valence-corrected chi connectivity index (χ0v) is 15.3. The smallest absolute Gasteiger partial charge is 0.293 e. The Kier molecular flexibility index (Phi) is 5.49. The predicted octanol–water partition coefficient (Wildman–Crippen LogP) is 1.85. The summed E-state index contributed by atoms with van der Waals surface area (Å²) in [6.07, 6.45) is 3.51. The van der Waals surface area contributed by atoms with Gasteiger partial charge in [0.1, 0.15) is 5.69 Å². The molecule has 1 saturated heterocycles. The van der Waals surface area contributed by atoms with E-state index >= 15 is 0 Å². The third kappa shape index (κ3) is 3.97. The van der Waals surface area contributed by atoms with Gasteiger partial charge in [-0.15, -0.1) is 5.10 Å². The predicted molar refractivity (Wildman–Crippen MR) is 102 cm³/mol. The second-order valence-corrected chi connectivity index (χ2v) is 6.47. The topological polar surface area (TPSA) is 104 Å². The van der Waals surface area contributed by atoms with Gasteiger partial charge in [-0.1, -0.05) is 0 Å². The molecule has 0 radical (unpaired) electrons. The second kappa shape index (κ2) is 7.98. The summed E-state index contributed by atoms with van der Waals surface area (Å²) in [5, 5.41) is 22.2. The number of hydrogen-bond acceptors (Lipinski definition) is 7. The highest BCUT2D eigenvalue weighted by atomic mass is 16.6. The molecule has 1 unspecified atom stereocenters. The average molecular weight is 370 g/mol. The SMILES string of the molecule is CNC(=O)c1ccc(N(C)C2CCCN(c3cccnn3)C2)c([N+](=O)[O-])c1. The zero-order chi connectivity index (χ0) is 19.4. The molecule has 142 valence electrons. The first-order valence-corrected chi connectivity index (χ1v) is 8.77. The molecule has 0 spiro atoms. The Morgan fingerprint density at radius 2 is 2.22 bits per heavy atom. The number of benzene rings is 1. The molecule has 1 aliphatic rings. The average Bonchev–Trinajstić information content (AvgIpc) is 2.72. The van der Waals surface area contributed by atoms with Crippen molar-refractivity contribution >= 4 is 23.1 Å². The number of nitrogens with one attached hydrogen (secondary N) is 1. The number of nitro benzene ring substituents is 1. The fraction of sp³-hybridized carbons (Fsp3) is 0.389. The largest absolute Gasteiger partial charge is 0.364 e. The van der Waals surface area contributed by atoms with Gasteiger partial charge in [0.15, 0.2) is 5.82 Å². The van der Waals surface area contributed by atoms with Gasteiger partial charge in [0.2, 0.25) is 0 Å². The van der Waals surface area contributed by atoms with Crippen molar-refractivity contribution in [2.45, 2.75) is 18.9 Å². The molecule has 0 bridgehead atoms. The highest BCUT2D eigenvalue weighted by Crippen LogP contribution is 2.32. The van der Waals surface area contributed by atoms with Crippen LogP contribution in [0.25, 0.3) is 0 Å². The van der Waals surface area contributed by atoms with Gasteiger partial charge in [-0.05, 0) is 37.1 Å². The summed E-state index contributed by atoms with van der Waals surface area (Å²) in [5.41, 5.74) is 0.694. The molecule has 1 amide bonds. The first kappa shape index (κ1) is 18.6. The van der Waals surface area contributed by atoms with Crippen LogP contribution in [0.5, 0.6) is 0 Å². The van der Waals surface area contributed by atoms with E-state index in [1.165, 1.54) is 13.1 Å². The summed E-state index contributed by atoms with van der Waals surface area (Å²) >= 11 is 0. The summed E-state index contributed by atoms with van der Waals surface area (Å²) in [6.45, 7) is 1.57. The molecule has 27 heavy (non-hydrogen) atoms. The molecule has 9 nitrogen and oxygen atoms in total. The van der Waals surface area contributed by atoms with E-state index < -0.39 is 4.92 Å². The number of hydrogen-bond donors (Lipinski definition) is 1. The number of anilines is 2. The molecule has 3 rings (SSSR count). The van der Waals surface area contributed by atoms with Gasteiger partial charge >= 0.3 is 0 Å². The van der Waals surface area contributed by atoms with Crippen LogP contribution in [-0.2, 0) is 0 Å². The van der Waals surface area contributed by atoms with Crippen molar-refractivity contribution in [2.24, 2.45) is 0 Å². The summed E-state index contributed by atoms with van der Waals surface area (Å²) in [5.74, 6) is 0.457. The lowest BCUT2D eigenvalue weighted by atomic mass is 10.0. The van der Waals surface area contributed by atoms with Gasteiger partial charge in [-0.3, -0.25) is 14.9 Å². The molecular weight excluding hydrogens is 348 g/mol. The van der Waals surface area contributed by atoms with Crippen LogP contribution in [-0.4, -0.2) is 54.3 Å². The fourth-order valence-electron chi connectivity index (χ4n) is 3.39. The number of likely N-dealkylation sites (N-methyl/N-ethyl adjacent to an activating group) is 1. The number of carbonyl (C=O) groups excluding carboxylic acids is 1. The summed E-state index contributed by atoms with van der Waals surface area (Å²) in [4.78, 5) is 27.0. The number of nitro groups is 1. The van der Waals surface area contributed by atoms with E-state index in [9.17, 15) is 14.9 Å². The van der Waals surface area contributed by atoms with Crippen molar-refractivity contribution in [1.29, 1.82) is 0 Å². The van der Waals surface area contributed by atoms with Gasteiger partial charge in [0.05, 0.1) is 4.92 Å². The van der Waals surface area contributed by atoms with Crippen molar-refractivity contribution in [3.63, 3.8) is 0 Å². The monoisotopic (exact) mass is 370 g/mol. The molecule has 2 heterocycles. The zero-order valence-electron chi connectivity index (χ0n) is 15.3. The Morgan fingerprint density at radius 1 is 1.41 bits per heavy atom. The third-order valence-electron chi connectivity index (χ3n) is 4.87. The molecule has 0 saturated carbocycles. The quantitative estimate of drug-likeness (QED) is 0.632. The molecule has 1 N–H and O–H groups in total. The molecule has 1 atom stereocenters. The third-order valence-corrected chi connectivity index (χ3v) is 4.87.